The summed E-state index contributed by atoms with van der Waals surface area (Å²) in [5, 5.41) is 0. The Balaban J connectivity index is 0.00000121. The lowest BCUT2D eigenvalue weighted by molar-refractivity contribution is -0.141. The number of aromatic nitrogens is 1. The van der Waals surface area contributed by atoms with Gasteiger partial charge in [0.15, 0.2) is 0 Å². The molecule has 0 aliphatic carbocycles. The van der Waals surface area contributed by atoms with Crippen molar-refractivity contribution in [1.82, 2.24) is 4.98 Å². The first-order valence-corrected chi connectivity index (χ1v) is 2.79. The van der Waals surface area contributed by atoms with Gasteiger partial charge in [0.2, 0.25) is 0 Å². The van der Waals surface area contributed by atoms with Gasteiger partial charge >= 0.3 is 6.18 Å². The second kappa shape index (κ2) is 3.62. The number of nitrogen functional groups attached to an aromatic ring is 1. The summed E-state index contributed by atoms with van der Waals surface area (Å²) in [5.74, 6) is 0. The zero-order valence-electron chi connectivity index (χ0n) is 5.80. The Kier molecular flexibility index (Phi) is 3.33. The van der Waals surface area contributed by atoms with E-state index in [-0.39, 0.29) is 18.1 Å². The Hall–Kier alpha value is -0.970. The quantitative estimate of drug-likeness (QED) is 0.694. The topological polar surface area (TPSA) is 38.9 Å². The second-order valence-corrected chi connectivity index (χ2v) is 1.97. The molecule has 0 saturated heterocycles. The lowest BCUT2D eigenvalue weighted by Crippen LogP contribution is -2.07. The van der Waals surface area contributed by atoms with E-state index in [9.17, 15) is 13.2 Å². The van der Waals surface area contributed by atoms with E-state index >= 15 is 0 Å². The summed E-state index contributed by atoms with van der Waals surface area (Å²) in [7, 11) is 0. The number of alkyl halides is 3. The third kappa shape index (κ3) is 2.58. The Morgan fingerprint density at radius 1 is 1.33 bits per heavy atom. The van der Waals surface area contributed by atoms with Crippen molar-refractivity contribution in [2.75, 3.05) is 5.73 Å². The number of anilines is 1. The molecule has 0 aliphatic heterocycles. The molecule has 1 rings (SSSR count). The SMILES string of the molecule is Cl.Nc1ccnc(C(F)(F)F)c1. The van der Waals surface area contributed by atoms with Crippen LogP contribution >= 0.6 is 12.4 Å². The van der Waals surface area contributed by atoms with Crippen molar-refractivity contribution in [1.29, 1.82) is 0 Å². The normalized spacial score (nSPS) is 10.6. The Morgan fingerprint density at radius 2 is 1.92 bits per heavy atom. The average molecular weight is 199 g/mol. The minimum atomic E-state index is -4.41. The Labute approximate surface area is 73.0 Å². The highest BCUT2D eigenvalue weighted by atomic mass is 35.5. The summed E-state index contributed by atoms with van der Waals surface area (Å²) < 4.78 is 35.5. The summed E-state index contributed by atoms with van der Waals surface area (Å²) in [6.45, 7) is 0. The molecule has 0 saturated carbocycles. The number of rotatable bonds is 0. The molecule has 0 unspecified atom stereocenters. The smallest absolute Gasteiger partial charge is 0.399 e. The average Bonchev–Trinajstić information content (AvgIpc) is 1.86. The van der Waals surface area contributed by atoms with Gasteiger partial charge in [-0.3, -0.25) is 4.98 Å². The largest absolute Gasteiger partial charge is 0.433 e. The van der Waals surface area contributed by atoms with Gasteiger partial charge in [0.05, 0.1) is 0 Å². The number of nitrogens with two attached hydrogens (primary N) is 1. The van der Waals surface area contributed by atoms with Crippen molar-refractivity contribution in [2.24, 2.45) is 0 Å². The van der Waals surface area contributed by atoms with Gasteiger partial charge in [0, 0.05) is 11.9 Å². The molecule has 0 atom stereocenters. The Bertz CT molecular complexity index is 261. The fourth-order valence-corrected chi connectivity index (χ4v) is 0.602. The summed E-state index contributed by atoms with van der Waals surface area (Å²) in [4.78, 5) is 3.11. The molecule has 1 heterocycles. The molecule has 6 heteroatoms. The summed E-state index contributed by atoms with van der Waals surface area (Å²) in [6, 6.07) is 2.09. The van der Waals surface area contributed by atoms with Gasteiger partial charge in [-0.25, -0.2) is 0 Å². The van der Waals surface area contributed by atoms with E-state index in [1.165, 1.54) is 6.07 Å². The van der Waals surface area contributed by atoms with Crippen LogP contribution in [0.2, 0.25) is 0 Å². The van der Waals surface area contributed by atoms with Gasteiger partial charge in [-0.15, -0.1) is 12.4 Å². The van der Waals surface area contributed by atoms with E-state index < -0.39 is 11.9 Å². The van der Waals surface area contributed by atoms with Crippen LogP contribution in [0.1, 0.15) is 5.69 Å². The molecular formula is C6H6ClF3N2. The van der Waals surface area contributed by atoms with Crippen LogP contribution in [0.15, 0.2) is 18.3 Å². The highest BCUT2D eigenvalue weighted by Crippen LogP contribution is 2.27. The molecule has 0 spiro atoms. The number of halogens is 4. The van der Waals surface area contributed by atoms with E-state index in [0.717, 1.165) is 12.3 Å². The van der Waals surface area contributed by atoms with Crippen LogP contribution in [0.25, 0.3) is 0 Å². The number of nitrogens with zero attached hydrogens (tertiary/aromatic N) is 1. The molecule has 0 bridgehead atoms. The van der Waals surface area contributed by atoms with Crippen LogP contribution in [0, 0.1) is 0 Å². The van der Waals surface area contributed by atoms with Crippen LogP contribution in [-0.2, 0) is 6.18 Å². The molecule has 0 aromatic carbocycles. The standard InChI is InChI=1S/C6H5F3N2.ClH/c7-6(8,9)5-3-4(10)1-2-11-5;/h1-3H,(H2,10,11);1H. The van der Waals surface area contributed by atoms with E-state index in [1.54, 1.807) is 0 Å². The number of pyridine rings is 1. The summed E-state index contributed by atoms with van der Waals surface area (Å²) >= 11 is 0. The molecular weight excluding hydrogens is 193 g/mol. The second-order valence-electron chi connectivity index (χ2n) is 1.97. The van der Waals surface area contributed by atoms with Gasteiger partial charge in [-0.05, 0) is 12.1 Å². The molecule has 0 aliphatic rings. The third-order valence-corrected chi connectivity index (χ3v) is 1.07. The monoisotopic (exact) mass is 198 g/mol. The predicted octanol–water partition coefficient (Wildman–Crippen LogP) is 2.10. The highest BCUT2D eigenvalue weighted by molar-refractivity contribution is 5.85. The molecule has 2 N–H and O–H groups in total. The first kappa shape index (κ1) is 11.0. The first-order valence-electron chi connectivity index (χ1n) is 2.79. The van der Waals surface area contributed by atoms with E-state index in [2.05, 4.69) is 4.98 Å². The maximum Gasteiger partial charge on any atom is 0.433 e. The zero-order valence-corrected chi connectivity index (χ0v) is 6.62. The van der Waals surface area contributed by atoms with E-state index in [1.807, 2.05) is 0 Å². The van der Waals surface area contributed by atoms with Crippen LogP contribution < -0.4 is 5.73 Å². The molecule has 0 fully saturated rings. The minimum absolute atomic E-state index is 0. The van der Waals surface area contributed by atoms with Gasteiger partial charge < -0.3 is 5.73 Å². The lowest BCUT2D eigenvalue weighted by Gasteiger charge is -2.04. The van der Waals surface area contributed by atoms with Crippen LogP contribution in [0.3, 0.4) is 0 Å². The molecule has 0 amide bonds. The van der Waals surface area contributed by atoms with Crippen molar-refractivity contribution < 1.29 is 13.2 Å². The van der Waals surface area contributed by atoms with Crippen LogP contribution in [-0.4, -0.2) is 4.98 Å². The first-order chi connectivity index (χ1) is 5.00. The highest BCUT2D eigenvalue weighted by Gasteiger charge is 2.32. The van der Waals surface area contributed by atoms with Crippen molar-refractivity contribution in [3.05, 3.63) is 24.0 Å². The van der Waals surface area contributed by atoms with Crippen LogP contribution in [0.5, 0.6) is 0 Å². The maximum atomic E-state index is 11.8. The minimum Gasteiger partial charge on any atom is -0.399 e. The molecule has 12 heavy (non-hydrogen) atoms. The number of hydrogen-bond donors (Lipinski definition) is 1. The van der Waals surface area contributed by atoms with Crippen molar-refractivity contribution >= 4 is 18.1 Å². The fraction of sp³-hybridized carbons (Fsp3) is 0.167. The molecule has 1 aromatic heterocycles. The molecule has 0 radical (unpaired) electrons. The van der Waals surface area contributed by atoms with Gasteiger partial charge in [-0.2, -0.15) is 13.2 Å². The summed E-state index contributed by atoms with van der Waals surface area (Å²) in [6.07, 6.45) is -3.38. The van der Waals surface area contributed by atoms with E-state index in [0.29, 0.717) is 0 Å². The van der Waals surface area contributed by atoms with Crippen molar-refractivity contribution in [3.8, 4) is 0 Å². The Morgan fingerprint density at radius 3 is 2.25 bits per heavy atom. The molecule has 2 nitrogen and oxygen atoms in total. The van der Waals surface area contributed by atoms with Gasteiger partial charge in [0.25, 0.3) is 0 Å². The fourth-order valence-electron chi connectivity index (χ4n) is 0.602. The zero-order chi connectivity index (χ0) is 8.48. The number of hydrogen-bond acceptors (Lipinski definition) is 2. The lowest BCUT2D eigenvalue weighted by atomic mass is 10.3. The van der Waals surface area contributed by atoms with Crippen LogP contribution in [0.4, 0.5) is 18.9 Å². The van der Waals surface area contributed by atoms with Gasteiger partial charge in [0.1, 0.15) is 5.69 Å². The maximum absolute atomic E-state index is 11.8. The summed E-state index contributed by atoms with van der Waals surface area (Å²) in [5.41, 5.74) is 4.22. The predicted molar refractivity (Wildman–Crippen MR) is 40.9 cm³/mol. The molecule has 68 valence electrons. The van der Waals surface area contributed by atoms with E-state index in [4.69, 9.17) is 5.73 Å². The molecule has 1 aromatic rings. The van der Waals surface area contributed by atoms with Gasteiger partial charge in [-0.1, -0.05) is 0 Å². The van der Waals surface area contributed by atoms with Crippen molar-refractivity contribution in [3.63, 3.8) is 0 Å². The third-order valence-electron chi connectivity index (χ3n) is 1.07. The van der Waals surface area contributed by atoms with Crippen molar-refractivity contribution in [2.45, 2.75) is 6.18 Å².